The number of rotatable bonds is 1. The Kier molecular flexibility index (Phi) is 2.94. The first-order chi connectivity index (χ1) is 8.61. The Labute approximate surface area is 107 Å². The third-order valence-corrected chi connectivity index (χ3v) is 3.28. The van der Waals surface area contributed by atoms with Gasteiger partial charge in [0.2, 0.25) is 0 Å². The maximum Gasteiger partial charge on any atom is 0.284 e. The van der Waals surface area contributed by atoms with Gasteiger partial charge in [-0.05, 0) is 22.4 Å². The molecule has 0 aliphatic carbocycles. The summed E-state index contributed by atoms with van der Waals surface area (Å²) in [5.41, 5.74) is 0.686. The van der Waals surface area contributed by atoms with Crippen molar-refractivity contribution >= 4 is 28.7 Å². The second-order valence-electron chi connectivity index (χ2n) is 3.54. The van der Waals surface area contributed by atoms with Gasteiger partial charge < -0.3 is 0 Å². The summed E-state index contributed by atoms with van der Waals surface area (Å²) in [5, 5.41) is 29.9. The second kappa shape index (κ2) is 4.41. The first-order valence-corrected chi connectivity index (χ1v) is 5.80. The van der Waals surface area contributed by atoms with Gasteiger partial charge in [-0.2, -0.15) is 21.9 Å². The third-order valence-electron chi connectivity index (χ3n) is 2.60. The summed E-state index contributed by atoms with van der Waals surface area (Å²) in [6.45, 7) is 0. The fourth-order valence-electron chi connectivity index (χ4n) is 1.73. The van der Waals surface area contributed by atoms with Crippen LogP contribution in [0.15, 0.2) is 22.4 Å². The molecule has 1 aliphatic heterocycles. The molecule has 6 nitrogen and oxygen atoms in total. The lowest BCUT2D eigenvalue weighted by molar-refractivity contribution is -0.123. The zero-order valence-corrected chi connectivity index (χ0v) is 9.86. The molecule has 0 spiro atoms. The maximum atomic E-state index is 11.8. The fraction of sp³-hybridized carbons (Fsp3) is 0.0909. The molecule has 0 fully saturated rings. The normalized spacial score (nSPS) is 19.7. The summed E-state index contributed by atoms with van der Waals surface area (Å²) in [5.74, 6) is 3.32. The summed E-state index contributed by atoms with van der Waals surface area (Å²) in [4.78, 5) is 11.8. The first-order valence-electron chi connectivity index (χ1n) is 4.85. The molecule has 0 bridgehead atoms. The highest BCUT2D eigenvalue weighted by Gasteiger charge is 2.38. The number of carbonyl (C=O) groups is 1. The van der Waals surface area contributed by atoms with Gasteiger partial charge in [0.1, 0.15) is 23.4 Å². The van der Waals surface area contributed by atoms with E-state index in [2.05, 4.69) is 0 Å². The number of amides is 1. The summed E-state index contributed by atoms with van der Waals surface area (Å²) >= 11 is 1.38. The quantitative estimate of drug-likeness (QED) is 0.572. The number of nitrogens with zero attached hydrogens (tertiary/aromatic N) is 3. The molecule has 1 aromatic heterocycles. The number of hydrazine groups is 1. The molecule has 0 radical (unpaired) electrons. The Balaban J connectivity index is 2.73. The van der Waals surface area contributed by atoms with E-state index in [9.17, 15) is 4.79 Å². The molecule has 0 saturated heterocycles. The van der Waals surface area contributed by atoms with E-state index in [0.29, 0.717) is 10.6 Å². The van der Waals surface area contributed by atoms with E-state index >= 15 is 0 Å². The molecule has 0 aromatic carbocycles. The van der Waals surface area contributed by atoms with Crippen molar-refractivity contribution < 1.29 is 4.79 Å². The molecule has 7 heteroatoms. The Morgan fingerprint density at radius 2 is 2.22 bits per heavy atom. The van der Waals surface area contributed by atoms with Crippen molar-refractivity contribution in [2.24, 2.45) is 11.8 Å². The molecule has 1 aromatic rings. The van der Waals surface area contributed by atoms with Gasteiger partial charge >= 0.3 is 0 Å². The zero-order valence-electron chi connectivity index (χ0n) is 9.04. The van der Waals surface area contributed by atoms with Gasteiger partial charge in [0.05, 0.1) is 6.07 Å². The zero-order chi connectivity index (χ0) is 13.3. The average Bonchev–Trinajstić information content (AvgIpc) is 2.89. The van der Waals surface area contributed by atoms with Crippen LogP contribution in [0.5, 0.6) is 0 Å². The number of amidine groups is 1. The number of thiophene rings is 1. The van der Waals surface area contributed by atoms with Crippen LogP contribution >= 0.6 is 11.3 Å². The van der Waals surface area contributed by atoms with E-state index in [0.717, 1.165) is 0 Å². The SMILES string of the molecule is N#CC1=C(c2ccsc2)C(C#N)C(=N)N(N)C1=O. The van der Waals surface area contributed by atoms with Gasteiger partial charge in [-0.25, -0.2) is 10.9 Å². The van der Waals surface area contributed by atoms with E-state index in [1.807, 2.05) is 6.07 Å². The first kappa shape index (κ1) is 12.0. The largest absolute Gasteiger partial charge is 0.285 e. The lowest BCUT2D eigenvalue weighted by Crippen LogP contribution is -2.49. The second-order valence-corrected chi connectivity index (χ2v) is 4.32. The Morgan fingerprint density at radius 3 is 2.72 bits per heavy atom. The van der Waals surface area contributed by atoms with Gasteiger partial charge in [-0.1, -0.05) is 0 Å². The molecular weight excluding hydrogens is 250 g/mol. The Hall–Kier alpha value is -2.48. The fourth-order valence-corrected chi connectivity index (χ4v) is 2.38. The number of hydrogen-bond acceptors (Lipinski definition) is 6. The van der Waals surface area contributed by atoms with Gasteiger partial charge in [0.15, 0.2) is 0 Å². The number of nitrogens with one attached hydrogen (secondary N) is 1. The standard InChI is InChI=1S/C11H7N5OS/c12-3-7-9(6-1-2-18-5-6)8(4-13)11(17)16(15)10(7)14/h1-2,5,7,14H,15H2. The number of carbonyl (C=O) groups excluding carboxylic acids is 1. The van der Waals surface area contributed by atoms with E-state index in [1.54, 1.807) is 22.9 Å². The number of hydrogen-bond donors (Lipinski definition) is 2. The predicted molar refractivity (Wildman–Crippen MR) is 64.7 cm³/mol. The lowest BCUT2D eigenvalue weighted by Gasteiger charge is -2.27. The molecule has 18 heavy (non-hydrogen) atoms. The van der Waals surface area contributed by atoms with Crippen molar-refractivity contribution in [3.05, 3.63) is 28.0 Å². The van der Waals surface area contributed by atoms with Crippen LogP contribution in [0.1, 0.15) is 5.56 Å². The molecular formula is C11H7N5OS. The van der Waals surface area contributed by atoms with Gasteiger partial charge in [0.25, 0.3) is 5.91 Å². The maximum absolute atomic E-state index is 11.8. The van der Waals surface area contributed by atoms with Gasteiger partial charge in [-0.3, -0.25) is 10.2 Å². The molecule has 2 rings (SSSR count). The minimum Gasteiger partial charge on any atom is -0.285 e. The van der Waals surface area contributed by atoms with Crippen molar-refractivity contribution in [2.45, 2.75) is 0 Å². The van der Waals surface area contributed by atoms with Crippen molar-refractivity contribution in [1.29, 1.82) is 15.9 Å². The highest BCUT2D eigenvalue weighted by atomic mass is 32.1. The van der Waals surface area contributed by atoms with E-state index in [-0.39, 0.29) is 17.0 Å². The van der Waals surface area contributed by atoms with E-state index in [1.165, 1.54) is 11.3 Å². The average molecular weight is 257 g/mol. The van der Waals surface area contributed by atoms with Crippen molar-refractivity contribution in [1.82, 2.24) is 5.01 Å². The highest BCUT2D eigenvalue weighted by Crippen LogP contribution is 2.33. The molecule has 88 valence electrons. The van der Waals surface area contributed by atoms with Crippen molar-refractivity contribution in [3.8, 4) is 12.1 Å². The van der Waals surface area contributed by atoms with Crippen LogP contribution in [0.2, 0.25) is 0 Å². The number of nitriles is 2. The molecule has 1 unspecified atom stereocenters. The molecule has 1 atom stereocenters. The van der Waals surface area contributed by atoms with Crippen LogP contribution in [0.4, 0.5) is 0 Å². The smallest absolute Gasteiger partial charge is 0.284 e. The minimum absolute atomic E-state index is 0.182. The van der Waals surface area contributed by atoms with Crippen LogP contribution in [-0.2, 0) is 4.79 Å². The lowest BCUT2D eigenvalue weighted by atomic mass is 9.86. The van der Waals surface area contributed by atoms with Gasteiger partial charge in [0, 0.05) is 5.57 Å². The minimum atomic E-state index is -1.00. The molecule has 1 aliphatic rings. The van der Waals surface area contributed by atoms with Crippen LogP contribution < -0.4 is 5.84 Å². The van der Waals surface area contributed by atoms with E-state index < -0.39 is 11.8 Å². The van der Waals surface area contributed by atoms with Crippen LogP contribution in [0.25, 0.3) is 5.57 Å². The summed E-state index contributed by atoms with van der Waals surface area (Å²) in [7, 11) is 0. The molecule has 0 saturated carbocycles. The van der Waals surface area contributed by atoms with Gasteiger partial charge in [-0.15, -0.1) is 0 Å². The van der Waals surface area contributed by atoms with E-state index in [4.69, 9.17) is 21.8 Å². The highest BCUT2D eigenvalue weighted by molar-refractivity contribution is 7.08. The molecule has 3 N–H and O–H groups in total. The third kappa shape index (κ3) is 1.59. The van der Waals surface area contributed by atoms with Crippen LogP contribution in [-0.4, -0.2) is 16.8 Å². The summed E-state index contributed by atoms with van der Waals surface area (Å²) < 4.78 is 0. The van der Waals surface area contributed by atoms with Crippen molar-refractivity contribution in [3.63, 3.8) is 0 Å². The summed E-state index contributed by atoms with van der Waals surface area (Å²) in [6, 6.07) is 5.38. The topological polar surface area (TPSA) is 118 Å². The number of nitrogens with two attached hydrogens (primary N) is 1. The Bertz CT molecular complexity index is 631. The molecule has 1 amide bonds. The molecule has 2 heterocycles. The van der Waals surface area contributed by atoms with Crippen LogP contribution in [0, 0.1) is 34.0 Å². The summed E-state index contributed by atoms with van der Waals surface area (Å²) in [6.07, 6.45) is 0. The predicted octanol–water partition coefficient (Wildman–Crippen LogP) is 0.858. The van der Waals surface area contributed by atoms with Crippen LogP contribution in [0.3, 0.4) is 0 Å². The van der Waals surface area contributed by atoms with Crippen molar-refractivity contribution in [2.75, 3.05) is 0 Å². The Morgan fingerprint density at radius 1 is 1.50 bits per heavy atom. The monoisotopic (exact) mass is 257 g/mol.